The molecule has 2 aromatic heterocycles. The molecule has 0 bridgehead atoms. The summed E-state index contributed by atoms with van der Waals surface area (Å²) in [4.78, 5) is 0. The van der Waals surface area contributed by atoms with Crippen LogP contribution in [0.3, 0.4) is 0 Å². The zero-order valence-corrected chi connectivity index (χ0v) is 30.7. The van der Waals surface area contributed by atoms with Crippen LogP contribution in [-0.2, 0) is 0 Å². The molecule has 9 aromatic carbocycles. The molecule has 2 heterocycles. The van der Waals surface area contributed by atoms with Gasteiger partial charge < -0.3 is 9.13 Å². The van der Waals surface area contributed by atoms with Gasteiger partial charge in [0.2, 0.25) is 0 Å². The molecular formula is C54H36N2. The summed E-state index contributed by atoms with van der Waals surface area (Å²) in [6.45, 7) is 0. The molecule has 0 saturated heterocycles. The summed E-state index contributed by atoms with van der Waals surface area (Å²) in [5.74, 6) is 0. The fourth-order valence-corrected chi connectivity index (χ4v) is 8.68. The number of nitrogens with zero attached hydrogens (tertiary/aromatic N) is 2. The van der Waals surface area contributed by atoms with Crippen molar-refractivity contribution in [3.05, 3.63) is 218 Å². The Labute approximate surface area is 325 Å². The number of aromatic nitrogens is 2. The number of para-hydroxylation sites is 1. The molecule has 0 N–H and O–H groups in total. The summed E-state index contributed by atoms with van der Waals surface area (Å²) in [5, 5.41) is 5.00. The van der Waals surface area contributed by atoms with Gasteiger partial charge in [-0.25, -0.2) is 0 Å². The maximum absolute atomic E-state index is 2.43. The highest BCUT2D eigenvalue weighted by atomic mass is 15.0. The van der Waals surface area contributed by atoms with Crippen LogP contribution in [0.4, 0.5) is 0 Å². The van der Waals surface area contributed by atoms with E-state index in [-0.39, 0.29) is 0 Å². The first kappa shape index (κ1) is 32.0. The van der Waals surface area contributed by atoms with E-state index in [1.807, 2.05) is 0 Å². The Balaban J connectivity index is 1.08. The molecule has 0 fully saturated rings. The highest BCUT2D eigenvalue weighted by Crippen LogP contribution is 2.42. The van der Waals surface area contributed by atoms with Crippen molar-refractivity contribution in [2.75, 3.05) is 0 Å². The van der Waals surface area contributed by atoms with Gasteiger partial charge in [0, 0.05) is 32.9 Å². The molecule has 0 unspecified atom stereocenters. The van der Waals surface area contributed by atoms with Gasteiger partial charge in [-0.3, -0.25) is 0 Å². The van der Waals surface area contributed by atoms with Gasteiger partial charge in [0.05, 0.1) is 22.1 Å². The van der Waals surface area contributed by atoms with Crippen molar-refractivity contribution in [2.24, 2.45) is 0 Å². The minimum absolute atomic E-state index is 1.15. The summed E-state index contributed by atoms with van der Waals surface area (Å²) in [7, 11) is 0. The lowest BCUT2D eigenvalue weighted by atomic mass is 9.97. The summed E-state index contributed by atoms with van der Waals surface area (Å²) >= 11 is 0. The van der Waals surface area contributed by atoms with E-state index in [9.17, 15) is 0 Å². The maximum atomic E-state index is 2.43. The first-order chi connectivity index (χ1) is 27.8. The van der Waals surface area contributed by atoms with Crippen molar-refractivity contribution in [1.29, 1.82) is 0 Å². The largest absolute Gasteiger partial charge is 0.309 e. The number of benzene rings is 9. The van der Waals surface area contributed by atoms with Crippen molar-refractivity contribution in [3.63, 3.8) is 0 Å². The van der Waals surface area contributed by atoms with Crippen molar-refractivity contribution < 1.29 is 0 Å². The second-order valence-corrected chi connectivity index (χ2v) is 14.5. The highest BCUT2D eigenvalue weighted by molar-refractivity contribution is 6.17. The Bertz CT molecular complexity index is 3190. The second-order valence-electron chi connectivity index (χ2n) is 14.5. The fraction of sp³-hybridized carbons (Fsp3) is 0. The zero-order chi connectivity index (χ0) is 37.0. The van der Waals surface area contributed by atoms with Gasteiger partial charge in [0.15, 0.2) is 0 Å². The van der Waals surface area contributed by atoms with Crippen LogP contribution in [0.5, 0.6) is 0 Å². The summed E-state index contributed by atoms with van der Waals surface area (Å²) < 4.78 is 4.82. The normalized spacial score (nSPS) is 11.6. The van der Waals surface area contributed by atoms with E-state index in [2.05, 4.69) is 228 Å². The van der Waals surface area contributed by atoms with Gasteiger partial charge in [0.25, 0.3) is 0 Å². The molecule has 0 spiro atoms. The zero-order valence-electron chi connectivity index (χ0n) is 30.7. The fourth-order valence-electron chi connectivity index (χ4n) is 8.68. The van der Waals surface area contributed by atoms with E-state index in [4.69, 9.17) is 0 Å². The molecule has 262 valence electrons. The van der Waals surface area contributed by atoms with E-state index in [1.54, 1.807) is 0 Å². The Kier molecular flexibility index (Phi) is 7.53. The number of rotatable bonds is 6. The van der Waals surface area contributed by atoms with Crippen molar-refractivity contribution in [1.82, 2.24) is 9.13 Å². The molecule has 0 aliphatic carbocycles. The highest BCUT2D eigenvalue weighted by Gasteiger charge is 2.18. The van der Waals surface area contributed by atoms with Gasteiger partial charge >= 0.3 is 0 Å². The predicted molar refractivity (Wildman–Crippen MR) is 237 cm³/mol. The van der Waals surface area contributed by atoms with Crippen molar-refractivity contribution in [2.45, 2.75) is 0 Å². The minimum Gasteiger partial charge on any atom is -0.309 e. The van der Waals surface area contributed by atoms with Gasteiger partial charge in [-0.05, 0) is 105 Å². The van der Waals surface area contributed by atoms with E-state index < -0.39 is 0 Å². The van der Waals surface area contributed by atoms with Crippen LogP contribution < -0.4 is 0 Å². The van der Waals surface area contributed by atoms with E-state index in [0.717, 1.165) is 11.4 Å². The van der Waals surface area contributed by atoms with E-state index in [1.165, 1.54) is 88.1 Å². The summed E-state index contributed by atoms with van der Waals surface area (Å²) in [6, 6.07) is 79.4. The van der Waals surface area contributed by atoms with E-state index in [0.29, 0.717) is 0 Å². The summed E-state index contributed by atoms with van der Waals surface area (Å²) in [5.41, 5.74) is 16.8. The summed E-state index contributed by atoms with van der Waals surface area (Å²) in [6.07, 6.45) is 0. The third-order valence-electron chi connectivity index (χ3n) is 11.3. The molecule has 11 rings (SSSR count). The second kappa shape index (κ2) is 13.2. The first-order valence-corrected chi connectivity index (χ1v) is 19.3. The van der Waals surface area contributed by atoms with Gasteiger partial charge in [0.1, 0.15) is 0 Å². The van der Waals surface area contributed by atoms with Gasteiger partial charge in [-0.15, -0.1) is 0 Å². The van der Waals surface area contributed by atoms with Crippen molar-refractivity contribution >= 4 is 43.6 Å². The molecular weight excluding hydrogens is 677 g/mol. The monoisotopic (exact) mass is 712 g/mol. The van der Waals surface area contributed by atoms with Crippen LogP contribution in [0.1, 0.15) is 0 Å². The molecule has 2 heteroatoms. The lowest BCUT2D eigenvalue weighted by Crippen LogP contribution is -1.94. The quantitative estimate of drug-likeness (QED) is 0.162. The van der Waals surface area contributed by atoms with Crippen LogP contribution in [0.2, 0.25) is 0 Å². The topological polar surface area (TPSA) is 9.86 Å². The van der Waals surface area contributed by atoms with Crippen LogP contribution in [0.25, 0.3) is 99.5 Å². The van der Waals surface area contributed by atoms with Crippen LogP contribution in [0.15, 0.2) is 218 Å². The molecule has 0 amide bonds. The smallest absolute Gasteiger partial charge is 0.0547 e. The van der Waals surface area contributed by atoms with Crippen LogP contribution in [-0.4, -0.2) is 9.13 Å². The van der Waals surface area contributed by atoms with Crippen molar-refractivity contribution in [3.8, 4) is 55.9 Å². The standard InChI is InChI=1S/C54H36N2/c1-4-13-37(14-5-1)39-23-29-44(30-24-39)55-50-21-11-10-19-47(50)48-35-42(27-33-51(48)55)43-28-34-52-49(36-43)54-46(41-17-8-3-9-18-41)20-12-22-53(54)56(52)45-31-25-40(26-32-45)38-15-6-2-7-16-38/h1-36H. The Hall–Kier alpha value is -7.42. The molecule has 0 aliphatic rings. The molecule has 0 radical (unpaired) electrons. The predicted octanol–water partition coefficient (Wildman–Crippen LogP) is 14.5. The average Bonchev–Trinajstić information content (AvgIpc) is 3.80. The Morgan fingerprint density at radius 3 is 1.23 bits per heavy atom. The Morgan fingerprint density at radius 1 is 0.232 bits per heavy atom. The van der Waals surface area contributed by atoms with Gasteiger partial charge in [-0.2, -0.15) is 0 Å². The molecule has 2 nitrogen and oxygen atoms in total. The molecule has 0 saturated carbocycles. The molecule has 0 aliphatic heterocycles. The molecule has 0 atom stereocenters. The van der Waals surface area contributed by atoms with Gasteiger partial charge in [-0.1, -0.05) is 158 Å². The number of hydrogen-bond donors (Lipinski definition) is 0. The lowest BCUT2D eigenvalue weighted by Gasteiger charge is -2.11. The first-order valence-electron chi connectivity index (χ1n) is 19.3. The van der Waals surface area contributed by atoms with E-state index >= 15 is 0 Å². The lowest BCUT2D eigenvalue weighted by molar-refractivity contribution is 1.18. The maximum Gasteiger partial charge on any atom is 0.0547 e. The van der Waals surface area contributed by atoms with Crippen LogP contribution >= 0.6 is 0 Å². The average molecular weight is 713 g/mol. The third kappa shape index (κ3) is 5.26. The molecule has 11 aromatic rings. The third-order valence-corrected chi connectivity index (χ3v) is 11.3. The minimum atomic E-state index is 1.15. The van der Waals surface area contributed by atoms with Crippen LogP contribution in [0, 0.1) is 0 Å². The molecule has 56 heavy (non-hydrogen) atoms. The SMILES string of the molecule is c1ccc(-c2ccc(-n3c4ccccc4c4cc(-c5ccc6c(c5)c5c(-c7ccccc7)cccc5n6-c5ccc(-c6ccccc6)cc5)ccc43)cc2)cc1. The Morgan fingerprint density at radius 2 is 0.643 bits per heavy atom. The number of hydrogen-bond acceptors (Lipinski definition) is 0. The number of fused-ring (bicyclic) bond motifs is 6.